The van der Waals surface area contributed by atoms with E-state index < -0.39 is 0 Å². The molecule has 4 aromatic heterocycles. The van der Waals surface area contributed by atoms with E-state index in [1.54, 1.807) is 18.7 Å². The Kier molecular flexibility index (Phi) is 13.2. The summed E-state index contributed by atoms with van der Waals surface area (Å²) in [6.07, 6.45) is 8.85. The van der Waals surface area contributed by atoms with E-state index in [-0.39, 0.29) is 10.8 Å². The molecule has 0 N–H and O–H groups in total. The summed E-state index contributed by atoms with van der Waals surface area (Å²) < 4.78 is 5.29. The Morgan fingerprint density at radius 3 is 1.68 bits per heavy atom. The second kappa shape index (κ2) is 16.1. The summed E-state index contributed by atoms with van der Waals surface area (Å²) in [5.74, 6) is 0. The maximum absolute atomic E-state index is 5.29. The van der Waals surface area contributed by atoms with Crippen molar-refractivity contribution in [3.63, 3.8) is 0 Å². The SMILES string of the molecule is CC.CC(C)(C)C.CC(C)(C)c1ccc2nccnc2c1.CC(C)(C)c1cnc2ccoc2c1.c1ccc2ncccc2c1. The van der Waals surface area contributed by atoms with Gasteiger partial charge in [0.1, 0.15) is 5.52 Å². The topological polar surface area (TPSA) is 64.7 Å². The molecule has 5 nitrogen and oxygen atoms in total. The highest BCUT2D eigenvalue weighted by Crippen LogP contribution is 2.25. The number of nitrogens with zero attached hydrogens (tertiary/aromatic N) is 4. The maximum Gasteiger partial charge on any atom is 0.152 e. The molecule has 6 aromatic rings. The molecule has 0 aliphatic heterocycles. The number of benzene rings is 2. The van der Waals surface area contributed by atoms with E-state index >= 15 is 0 Å². The fourth-order valence-electron chi connectivity index (χ4n) is 3.70. The number of pyridine rings is 2. The van der Waals surface area contributed by atoms with Crippen molar-refractivity contribution in [3.8, 4) is 0 Å². The van der Waals surface area contributed by atoms with Crippen LogP contribution in [0.1, 0.15) is 94.2 Å². The van der Waals surface area contributed by atoms with E-state index in [1.165, 1.54) is 16.5 Å². The molecule has 6 rings (SSSR count). The Morgan fingerprint density at radius 2 is 1.07 bits per heavy atom. The van der Waals surface area contributed by atoms with Gasteiger partial charge >= 0.3 is 0 Å². The van der Waals surface area contributed by atoms with Gasteiger partial charge in [0, 0.05) is 36.2 Å². The molecule has 0 saturated heterocycles. The van der Waals surface area contributed by atoms with Crippen LogP contribution < -0.4 is 0 Å². The van der Waals surface area contributed by atoms with Crippen molar-refractivity contribution >= 4 is 33.0 Å². The lowest BCUT2D eigenvalue weighted by molar-refractivity contribution is 0.469. The molecule has 0 spiro atoms. The van der Waals surface area contributed by atoms with Crippen LogP contribution in [0.4, 0.5) is 0 Å². The Hall–Kier alpha value is -4.12. The van der Waals surface area contributed by atoms with Gasteiger partial charge in [-0.2, -0.15) is 0 Å². The molecule has 0 fully saturated rings. The van der Waals surface area contributed by atoms with Crippen molar-refractivity contribution in [1.82, 2.24) is 19.9 Å². The minimum atomic E-state index is 0.133. The first-order chi connectivity index (χ1) is 20.6. The van der Waals surface area contributed by atoms with Crippen LogP contribution in [0.2, 0.25) is 0 Å². The maximum atomic E-state index is 5.29. The van der Waals surface area contributed by atoms with E-state index in [1.807, 2.05) is 62.6 Å². The van der Waals surface area contributed by atoms with Crippen LogP contribution in [0.25, 0.3) is 33.0 Å². The molecule has 0 saturated carbocycles. The molecule has 44 heavy (non-hydrogen) atoms. The van der Waals surface area contributed by atoms with E-state index in [2.05, 4.69) is 120 Å². The summed E-state index contributed by atoms with van der Waals surface area (Å²) in [6, 6.07) is 22.3. The molecule has 0 aliphatic carbocycles. The quantitative estimate of drug-likeness (QED) is 0.175. The van der Waals surface area contributed by atoms with E-state index in [9.17, 15) is 0 Å². The molecule has 234 valence electrons. The second-order valence-corrected chi connectivity index (χ2v) is 14.0. The second-order valence-electron chi connectivity index (χ2n) is 14.0. The van der Waals surface area contributed by atoms with Crippen LogP contribution in [0.15, 0.2) is 102 Å². The third-order valence-electron chi connectivity index (χ3n) is 6.02. The smallest absolute Gasteiger partial charge is 0.152 e. The lowest BCUT2D eigenvalue weighted by atomic mass is 9.87. The standard InChI is InChI=1S/C12H14N2.C11H13NO.C9H7N.C5H12.C2H6/c1-12(2,3)9-4-5-10-11(8-9)14-7-6-13-10;1-11(2,3)8-6-10-9(12-7-8)4-5-13-10;1-2-6-9-8(4-1)5-3-7-10-9;1-5(2,3)4;1-2/h4-8H,1-3H3;4-7H,1-3H3;1-7H;1-4H3;1-2H3. The van der Waals surface area contributed by atoms with Crippen molar-refractivity contribution in [2.24, 2.45) is 5.41 Å². The van der Waals surface area contributed by atoms with Gasteiger partial charge in [0.05, 0.1) is 22.8 Å². The van der Waals surface area contributed by atoms with Crippen LogP contribution in [0.5, 0.6) is 0 Å². The third kappa shape index (κ3) is 12.2. The number of hydrogen-bond acceptors (Lipinski definition) is 5. The average molecular weight is 593 g/mol. The molecular formula is C39H52N4O. The van der Waals surface area contributed by atoms with Crippen LogP contribution in [0.3, 0.4) is 0 Å². The fourth-order valence-corrected chi connectivity index (χ4v) is 3.70. The lowest BCUT2D eigenvalue weighted by Crippen LogP contribution is -2.10. The first-order valence-electron chi connectivity index (χ1n) is 15.5. The number of fused-ring (bicyclic) bond motifs is 3. The largest absolute Gasteiger partial charge is 0.463 e. The number of aromatic nitrogens is 4. The van der Waals surface area contributed by atoms with Crippen LogP contribution in [-0.4, -0.2) is 19.9 Å². The monoisotopic (exact) mass is 592 g/mol. The van der Waals surface area contributed by atoms with Crippen molar-refractivity contribution in [1.29, 1.82) is 0 Å². The van der Waals surface area contributed by atoms with Gasteiger partial charge in [0.25, 0.3) is 0 Å². The summed E-state index contributed by atoms with van der Waals surface area (Å²) in [7, 11) is 0. The molecule has 0 amide bonds. The zero-order valence-electron chi connectivity index (χ0n) is 28.9. The van der Waals surface area contributed by atoms with Crippen LogP contribution in [0, 0.1) is 5.41 Å². The van der Waals surface area contributed by atoms with Gasteiger partial charge in [-0.3, -0.25) is 19.9 Å². The van der Waals surface area contributed by atoms with Gasteiger partial charge in [-0.25, -0.2) is 0 Å². The van der Waals surface area contributed by atoms with E-state index in [0.29, 0.717) is 5.41 Å². The van der Waals surface area contributed by atoms with Gasteiger partial charge < -0.3 is 4.42 Å². The van der Waals surface area contributed by atoms with Gasteiger partial charge in [0.2, 0.25) is 0 Å². The van der Waals surface area contributed by atoms with Gasteiger partial charge in [-0.15, -0.1) is 0 Å². The number of rotatable bonds is 0. The molecule has 5 heteroatoms. The number of para-hydroxylation sites is 1. The average Bonchev–Trinajstić information content (AvgIpc) is 3.45. The molecule has 0 radical (unpaired) electrons. The van der Waals surface area contributed by atoms with Crippen LogP contribution in [-0.2, 0) is 10.8 Å². The number of hydrogen-bond donors (Lipinski definition) is 0. The predicted octanol–water partition coefficient (Wildman–Crippen LogP) is 11.4. The first-order valence-corrected chi connectivity index (χ1v) is 15.5. The normalized spacial score (nSPS) is 11.2. The molecule has 2 aromatic carbocycles. The first kappa shape index (κ1) is 36.1. The highest BCUT2D eigenvalue weighted by Gasteiger charge is 2.15. The van der Waals surface area contributed by atoms with Crippen LogP contribution >= 0.6 is 0 Å². The molecular weight excluding hydrogens is 540 g/mol. The molecule has 4 heterocycles. The highest BCUT2D eigenvalue weighted by molar-refractivity contribution is 5.78. The molecule has 0 unspecified atom stereocenters. The summed E-state index contributed by atoms with van der Waals surface area (Å²) in [4.78, 5) is 17.0. The van der Waals surface area contributed by atoms with E-state index in [0.717, 1.165) is 27.6 Å². The summed E-state index contributed by atoms with van der Waals surface area (Å²) >= 11 is 0. The zero-order valence-corrected chi connectivity index (χ0v) is 28.9. The van der Waals surface area contributed by atoms with Gasteiger partial charge in [-0.05, 0) is 57.7 Å². The number of furan rings is 1. The predicted molar refractivity (Wildman–Crippen MR) is 189 cm³/mol. The van der Waals surface area contributed by atoms with E-state index in [4.69, 9.17) is 4.42 Å². The summed E-state index contributed by atoms with van der Waals surface area (Å²) in [5, 5.41) is 1.20. The zero-order chi connectivity index (χ0) is 33.0. The van der Waals surface area contributed by atoms with Crippen molar-refractivity contribution < 1.29 is 4.42 Å². The van der Waals surface area contributed by atoms with Crippen molar-refractivity contribution in [2.45, 2.75) is 93.9 Å². The minimum absolute atomic E-state index is 0.133. The molecule has 0 aliphatic rings. The minimum Gasteiger partial charge on any atom is -0.463 e. The molecule has 0 bridgehead atoms. The molecule has 0 atom stereocenters. The Labute approximate surface area is 265 Å². The summed E-state index contributed by atoms with van der Waals surface area (Å²) in [6.45, 7) is 25.8. The Morgan fingerprint density at radius 1 is 0.500 bits per heavy atom. The van der Waals surface area contributed by atoms with Crippen molar-refractivity contribution in [3.05, 3.63) is 109 Å². The Balaban J connectivity index is 0.000000210. The fraction of sp³-hybridized carbons (Fsp3) is 0.385. The van der Waals surface area contributed by atoms with Gasteiger partial charge in [0.15, 0.2) is 5.58 Å². The highest BCUT2D eigenvalue weighted by atomic mass is 16.3. The lowest BCUT2D eigenvalue weighted by Gasteiger charge is -2.18. The third-order valence-corrected chi connectivity index (χ3v) is 6.02. The Bertz CT molecular complexity index is 1630. The van der Waals surface area contributed by atoms with Crippen molar-refractivity contribution in [2.75, 3.05) is 0 Å². The van der Waals surface area contributed by atoms with Gasteiger partial charge in [-0.1, -0.05) is 113 Å². The summed E-state index contributed by atoms with van der Waals surface area (Å²) in [5.41, 5.74) is 8.09.